The van der Waals surface area contributed by atoms with Crippen molar-refractivity contribution in [3.63, 3.8) is 0 Å². The summed E-state index contributed by atoms with van der Waals surface area (Å²) < 4.78 is 0. The average Bonchev–Trinajstić information content (AvgIpc) is 2.25. The minimum Gasteiger partial charge on any atom is -0.368 e. The Bertz CT molecular complexity index is 373. The summed E-state index contributed by atoms with van der Waals surface area (Å²) in [5.41, 5.74) is 5.78. The minimum absolute atomic E-state index is 0.0878. The van der Waals surface area contributed by atoms with Crippen molar-refractivity contribution in [1.29, 1.82) is 0 Å². The molecule has 0 radical (unpaired) electrons. The van der Waals surface area contributed by atoms with Crippen LogP contribution in [-0.4, -0.2) is 11.9 Å². The summed E-state index contributed by atoms with van der Waals surface area (Å²) in [5, 5.41) is 3.33. The van der Waals surface area contributed by atoms with Gasteiger partial charge >= 0.3 is 0 Å². The summed E-state index contributed by atoms with van der Waals surface area (Å²) in [6.45, 7) is 8.05. The molecule has 0 aliphatic rings. The number of hydrogen-bond donors (Lipinski definition) is 2. The van der Waals surface area contributed by atoms with E-state index in [4.69, 9.17) is 5.73 Å². The smallest absolute Gasteiger partial charge is 0.242 e. The number of benzene rings is 1. The highest BCUT2D eigenvalue weighted by Gasteiger charge is 2.41. The maximum atomic E-state index is 12.0. The third kappa shape index (κ3) is 2.67. The van der Waals surface area contributed by atoms with E-state index in [1.54, 1.807) is 0 Å². The topological polar surface area (TPSA) is 55.1 Å². The maximum absolute atomic E-state index is 12.0. The first-order valence-electron chi connectivity index (χ1n) is 6.04. The molecule has 0 aliphatic carbocycles. The van der Waals surface area contributed by atoms with E-state index in [0.717, 1.165) is 5.56 Å². The molecule has 0 bridgehead atoms. The molecule has 0 aliphatic heterocycles. The first-order valence-corrected chi connectivity index (χ1v) is 6.04. The summed E-state index contributed by atoms with van der Waals surface area (Å²) >= 11 is 0. The predicted molar refractivity (Wildman–Crippen MR) is 70.4 cm³/mol. The van der Waals surface area contributed by atoms with E-state index >= 15 is 0 Å². The fourth-order valence-electron chi connectivity index (χ4n) is 2.24. The van der Waals surface area contributed by atoms with Gasteiger partial charge in [-0.25, -0.2) is 0 Å². The Labute approximate surface area is 103 Å². The Kier molecular flexibility index (Phi) is 4.29. The van der Waals surface area contributed by atoms with Crippen molar-refractivity contribution in [2.45, 2.75) is 39.3 Å². The number of hydrogen-bond acceptors (Lipinski definition) is 2. The standard InChI is InChI=1S/C14H22N2O/c1-10(2)14(13(15)17,16-11(3)4)12-8-6-5-7-9-12/h5-11,16H,1-4H3,(H2,15,17). The molecule has 0 fully saturated rings. The van der Waals surface area contributed by atoms with Gasteiger partial charge in [-0.3, -0.25) is 10.1 Å². The van der Waals surface area contributed by atoms with Crippen LogP contribution in [0.4, 0.5) is 0 Å². The van der Waals surface area contributed by atoms with Crippen LogP contribution in [0.25, 0.3) is 0 Å². The zero-order valence-corrected chi connectivity index (χ0v) is 11.0. The largest absolute Gasteiger partial charge is 0.368 e. The highest BCUT2D eigenvalue weighted by molar-refractivity contribution is 5.86. The molecule has 0 spiro atoms. The van der Waals surface area contributed by atoms with Crippen molar-refractivity contribution >= 4 is 5.91 Å². The Balaban J connectivity index is 3.30. The van der Waals surface area contributed by atoms with Gasteiger partial charge in [0.25, 0.3) is 0 Å². The van der Waals surface area contributed by atoms with E-state index in [0.29, 0.717) is 0 Å². The van der Waals surface area contributed by atoms with Gasteiger partial charge in [0.15, 0.2) is 0 Å². The van der Waals surface area contributed by atoms with Gasteiger partial charge in [-0.15, -0.1) is 0 Å². The summed E-state index contributed by atoms with van der Waals surface area (Å²) in [6.07, 6.45) is 0. The molecule has 94 valence electrons. The van der Waals surface area contributed by atoms with Gasteiger partial charge in [-0.1, -0.05) is 44.2 Å². The van der Waals surface area contributed by atoms with E-state index < -0.39 is 5.54 Å². The molecule has 1 amide bonds. The predicted octanol–water partition coefficient (Wildman–Crippen LogP) is 2.02. The monoisotopic (exact) mass is 234 g/mol. The first-order chi connectivity index (χ1) is 7.91. The third-order valence-corrected chi connectivity index (χ3v) is 3.00. The fourth-order valence-corrected chi connectivity index (χ4v) is 2.24. The number of carbonyl (C=O) groups excluding carboxylic acids is 1. The molecule has 3 heteroatoms. The van der Waals surface area contributed by atoms with Crippen LogP contribution in [0.1, 0.15) is 33.3 Å². The number of primary amides is 1. The zero-order chi connectivity index (χ0) is 13.1. The summed E-state index contributed by atoms with van der Waals surface area (Å²) in [5.74, 6) is -0.239. The van der Waals surface area contributed by atoms with Gasteiger partial charge in [0, 0.05) is 6.04 Å². The van der Waals surface area contributed by atoms with Gasteiger partial charge in [0.05, 0.1) is 0 Å². The Morgan fingerprint density at radius 2 is 1.71 bits per heavy atom. The van der Waals surface area contributed by atoms with Crippen molar-refractivity contribution < 1.29 is 4.79 Å². The van der Waals surface area contributed by atoms with Crippen LogP contribution in [0.5, 0.6) is 0 Å². The molecule has 1 aromatic carbocycles. The molecule has 3 nitrogen and oxygen atoms in total. The normalized spacial score (nSPS) is 14.9. The van der Waals surface area contributed by atoms with Gasteiger partial charge < -0.3 is 5.73 Å². The maximum Gasteiger partial charge on any atom is 0.242 e. The van der Waals surface area contributed by atoms with Crippen LogP contribution in [0, 0.1) is 5.92 Å². The molecular formula is C14H22N2O. The van der Waals surface area contributed by atoms with Crippen molar-refractivity contribution in [3.8, 4) is 0 Å². The van der Waals surface area contributed by atoms with Crippen molar-refractivity contribution in [1.82, 2.24) is 5.32 Å². The summed E-state index contributed by atoms with van der Waals surface area (Å²) in [4.78, 5) is 12.0. The molecule has 1 aromatic rings. The average molecular weight is 234 g/mol. The SMILES string of the molecule is CC(C)NC(C(N)=O)(c1ccccc1)C(C)C. The number of carbonyl (C=O) groups is 1. The minimum atomic E-state index is -0.796. The lowest BCUT2D eigenvalue weighted by molar-refractivity contribution is -0.127. The fraction of sp³-hybridized carbons (Fsp3) is 0.500. The van der Waals surface area contributed by atoms with Gasteiger partial charge in [-0.05, 0) is 25.3 Å². The Morgan fingerprint density at radius 3 is 2.06 bits per heavy atom. The second-order valence-corrected chi connectivity index (χ2v) is 4.99. The van der Waals surface area contributed by atoms with Crippen LogP contribution in [0.3, 0.4) is 0 Å². The molecule has 0 aromatic heterocycles. The molecule has 1 unspecified atom stereocenters. The van der Waals surface area contributed by atoms with Crippen LogP contribution < -0.4 is 11.1 Å². The lowest BCUT2D eigenvalue weighted by Crippen LogP contribution is -2.58. The number of rotatable bonds is 5. The molecule has 1 atom stereocenters. The Morgan fingerprint density at radius 1 is 1.18 bits per heavy atom. The number of nitrogens with two attached hydrogens (primary N) is 1. The van der Waals surface area contributed by atoms with E-state index in [1.807, 2.05) is 58.0 Å². The molecule has 0 saturated heterocycles. The van der Waals surface area contributed by atoms with E-state index in [1.165, 1.54) is 0 Å². The van der Waals surface area contributed by atoms with E-state index in [2.05, 4.69) is 5.32 Å². The highest BCUT2D eigenvalue weighted by Crippen LogP contribution is 2.30. The first kappa shape index (κ1) is 13.7. The molecule has 1 rings (SSSR count). The van der Waals surface area contributed by atoms with Gasteiger partial charge in [-0.2, -0.15) is 0 Å². The van der Waals surface area contributed by atoms with Gasteiger partial charge in [0.1, 0.15) is 5.54 Å². The lowest BCUT2D eigenvalue weighted by atomic mass is 9.78. The van der Waals surface area contributed by atoms with Crippen LogP contribution in [-0.2, 0) is 10.3 Å². The molecule has 17 heavy (non-hydrogen) atoms. The summed E-state index contributed by atoms with van der Waals surface area (Å²) in [6, 6.07) is 9.87. The molecule has 0 heterocycles. The van der Waals surface area contributed by atoms with Crippen LogP contribution in [0.2, 0.25) is 0 Å². The second-order valence-electron chi connectivity index (χ2n) is 4.99. The molecule has 0 saturated carbocycles. The van der Waals surface area contributed by atoms with Crippen LogP contribution >= 0.6 is 0 Å². The highest BCUT2D eigenvalue weighted by atomic mass is 16.1. The third-order valence-electron chi connectivity index (χ3n) is 3.00. The van der Waals surface area contributed by atoms with Gasteiger partial charge in [0.2, 0.25) is 5.91 Å². The lowest BCUT2D eigenvalue weighted by Gasteiger charge is -2.37. The van der Waals surface area contributed by atoms with E-state index in [-0.39, 0.29) is 17.9 Å². The number of nitrogens with one attached hydrogen (secondary N) is 1. The molecular weight excluding hydrogens is 212 g/mol. The van der Waals surface area contributed by atoms with E-state index in [9.17, 15) is 4.79 Å². The second kappa shape index (κ2) is 5.32. The van der Waals surface area contributed by atoms with Crippen molar-refractivity contribution in [2.75, 3.05) is 0 Å². The molecule has 3 N–H and O–H groups in total. The Hall–Kier alpha value is -1.35. The van der Waals surface area contributed by atoms with Crippen LogP contribution in [0.15, 0.2) is 30.3 Å². The number of amides is 1. The van der Waals surface area contributed by atoms with Crippen molar-refractivity contribution in [2.24, 2.45) is 11.7 Å². The summed E-state index contributed by atoms with van der Waals surface area (Å²) in [7, 11) is 0. The quantitative estimate of drug-likeness (QED) is 0.819. The van der Waals surface area contributed by atoms with Crippen molar-refractivity contribution in [3.05, 3.63) is 35.9 Å². The zero-order valence-electron chi connectivity index (χ0n) is 11.0.